The molecule has 80 valence electrons. The van der Waals surface area contributed by atoms with Crippen LogP contribution in [-0.4, -0.2) is 22.4 Å². The standard InChI is InChI=1S/C12H20O2/c1-5-11(13,6-2)8-9-12(7-3)10(4)14-12/h10,13H,5-7H2,1-4H3. The third-order valence-electron chi connectivity index (χ3n) is 3.19. The van der Waals surface area contributed by atoms with Gasteiger partial charge in [0, 0.05) is 0 Å². The molecule has 0 spiro atoms. The SMILES string of the molecule is CCC(O)(C#CC1(CC)OC1C)CC. The molecule has 0 aliphatic carbocycles. The van der Waals surface area contributed by atoms with Gasteiger partial charge in [0.05, 0.1) is 6.10 Å². The first-order valence-corrected chi connectivity index (χ1v) is 5.46. The maximum Gasteiger partial charge on any atom is 0.154 e. The third-order valence-corrected chi connectivity index (χ3v) is 3.19. The lowest BCUT2D eigenvalue weighted by molar-refractivity contribution is 0.0927. The van der Waals surface area contributed by atoms with Crippen LogP contribution in [-0.2, 0) is 4.74 Å². The summed E-state index contributed by atoms with van der Waals surface area (Å²) >= 11 is 0. The van der Waals surface area contributed by atoms with Crippen LogP contribution in [0.4, 0.5) is 0 Å². The van der Waals surface area contributed by atoms with E-state index in [1.165, 1.54) is 0 Å². The Hall–Kier alpha value is -0.520. The Balaban J connectivity index is 2.71. The second kappa shape index (κ2) is 3.92. The summed E-state index contributed by atoms with van der Waals surface area (Å²) in [6.07, 6.45) is 2.46. The fraction of sp³-hybridized carbons (Fsp3) is 0.833. The molecule has 1 aliphatic heterocycles. The highest BCUT2D eigenvalue weighted by Crippen LogP contribution is 2.38. The average Bonchev–Trinajstić information content (AvgIpc) is 2.87. The van der Waals surface area contributed by atoms with Crippen LogP contribution in [0, 0.1) is 11.8 Å². The minimum Gasteiger partial charge on any atom is -0.378 e. The van der Waals surface area contributed by atoms with Crippen LogP contribution < -0.4 is 0 Å². The lowest BCUT2D eigenvalue weighted by Crippen LogP contribution is -2.25. The van der Waals surface area contributed by atoms with E-state index in [0.29, 0.717) is 12.8 Å². The number of rotatable bonds is 3. The van der Waals surface area contributed by atoms with Crippen molar-refractivity contribution in [2.45, 2.75) is 64.3 Å². The predicted molar refractivity (Wildman–Crippen MR) is 56.9 cm³/mol. The summed E-state index contributed by atoms with van der Waals surface area (Å²) in [5.74, 6) is 6.05. The molecule has 2 heteroatoms. The highest BCUT2D eigenvalue weighted by Gasteiger charge is 2.50. The quantitative estimate of drug-likeness (QED) is 0.554. The molecule has 0 radical (unpaired) electrons. The van der Waals surface area contributed by atoms with Gasteiger partial charge in [-0.3, -0.25) is 0 Å². The van der Waals surface area contributed by atoms with E-state index in [2.05, 4.69) is 18.8 Å². The van der Waals surface area contributed by atoms with Crippen LogP contribution in [0.3, 0.4) is 0 Å². The zero-order valence-electron chi connectivity index (χ0n) is 9.55. The lowest BCUT2D eigenvalue weighted by Gasteiger charge is -2.17. The first kappa shape index (κ1) is 11.6. The van der Waals surface area contributed by atoms with Gasteiger partial charge in [-0.25, -0.2) is 0 Å². The molecule has 0 aromatic heterocycles. The van der Waals surface area contributed by atoms with Gasteiger partial charge in [-0.1, -0.05) is 32.6 Å². The molecule has 2 atom stereocenters. The van der Waals surface area contributed by atoms with Crippen molar-refractivity contribution in [3.05, 3.63) is 0 Å². The normalized spacial score (nSPS) is 30.8. The number of epoxide rings is 1. The van der Waals surface area contributed by atoms with Crippen LogP contribution in [0.5, 0.6) is 0 Å². The minimum absolute atomic E-state index is 0.220. The summed E-state index contributed by atoms with van der Waals surface area (Å²) in [5.41, 5.74) is -1.09. The molecule has 1 aliphatic rings. The molecule has 0 aromatic rings. The van der Waals surface area contributed by atoms with Crippen molar-refractivity contribution in [2.75, 3.05) is 0 Å². The van der Waals surface area contributed by atoms with E-state index >= 15 is 0 Å². The van der Waals surface area contributed by atoms with Crippen LogP contribution in [0.1, 0.15) is 47.0 Å². The van der Waals surface area contributed by atoms with Crippen LogP contribution in [0.25, 0.3) is 0 Å². The predicted octanol–water partition coefficient (Wildman–Crippen LogP) is 2.11. The number of hydrogen-bond donors (Lipinski definition) is 1. The average molecular weight is 196 g/mol. The molecule has 1 N–H and O–H groups in total. The van der Waals surface area contributed by atoms with Gasteiger partial charge in [0.1, 0.15) is 5.60 Å². The van der Waals surface area contributed by atoms with Crippen LogP contribution >= 0.6 is 0 Å². The Morgan fingerprint density at radius 1 is 1.36 bits per heavy atom. The van der Waals surface area contributed by atoms with Gasteiger partial charge in [-0.2, -0.15) is 0 Å². The van der Waals surface area contributed by atoms with E-state index in [9.17, 15) is 5.11 Å². The molecular weight excluding hydrogens is 176 g/mol. The zero-order chi connectivity index (χ0) is 10.8. The number of hydrogen-bond acceptors (Lipinski definition) is 2. The van der Waals surface area contributed by atoms with Gasteiger partial charge in [-0.15, -0.1) is 0 Å². The molecule has 0 amide bonds. The maximum absolute atomic E-state index is 9.97. The fourth-order valence-corrected chi connectivity index (χ4v) is 1.52. The van der Waals surface area contributed by atoms with Crippen molar-refractivity contribution in [2.24, 2.45) is 0 Å². The molecule has 0 bridgehead atoms. The first-order valence-electron chi connectivity index (χ1n) is 5.46. The lowest BCUT2D eigenvalue weighted by atomic mass is 9.95. The maximum atomic E-state index is 9.97. The van der Waals surface area contributed by atoms with E-state index in [1.807, 2.05) is 20.8 Å². The van der Waals surface area contributed by atoms with E-state index in [4.69, 9.17) is 4.74 Å². The summed E-state index contributed by atoms with van der Waals surface area (Å²) in [4.78, 5) is 0. The Labute approximate surface area is 86.7 Å². The molecule has 1 rings (SSSR count). The highest BCUT2D eigenvalue weighted by atomic mass is 16.6. The molecule has 14 heavy (non-hydrogen) atoms. The van der Waals surface area contributed by atoms with Gasteiger partial charge in [0.2, 0.25) is 0 Å². The molecule has 2 unspecified atom stereocenters. The summed E-state index contributed by atoms with van der Waals surface area (Å²) < 4.78 is 5.45. The fourth-order valence-electron chi connectivity index (χ4n) is 1.52. The van der Waals surface area contributed by atoms with Gasteiger partial charge in [-0.05, 0) is 26.2 Å². The third kappa shape index (κ3) is 2.10. The van der Waals surface area contributed by atoms with Crippen molar-refractivity contribution in [1.82, 2.24) is 0 Å². The molecular formula is C12H20O2. The van der Waals surface area contributed by atoms with E-state index in [0.717, 1.165) is 6.42 Å². The van der Waals surface area contributed by atoms with Crippen molar-refractivity contribution >= 4 is 0 Å². The van der Waals surface area contributed by atoms with Crippen molar-refractivity contribution in [3.8, 4) is 11.8 Å². The zero-order valence-corrected chi connectivity index (χ0v) is 9.55. The van der Waals surface area contributed by atoms with Crippen LogP contribution in [0.15, 0.2) is 0 Å². The van der Waals surface area contributed by atoms with Gasteiger partial charge in [0.15, 0.2) is 5.60 Å². The second-order valence-electron chi connectivity index (χ2n) is 3.99. The van der Waals surface area contributed by atoms with E-state index < -0.39 is 5.60 Å². The van der Waals surface area contributed by atoms with Gasteiger partial charge < -0.3 is 9.84 Å². The molecule has 1 saturated heterocycles. The smallest absolute Gasteiger partial charge is 0.154 e. The highest BCUT2D eigenvalue weighted by molar-refractivity contribution is 5.28. The van der Waals surface area contributed by atoms with E-state index in [-0.39, 0.29) is 11.7 Å². The molecule has 0 saturated carbocycles. The monoisotopic (exact) mass is 196 g/mol. The number of aliphatic hydroxyl groups is 1. The molecule has 2 nitrogen and oxygen atoms in total. The minimum atomic E-state index is -0.826. The Kier molecular flexibility index (Phi) is 3.24. The largest absolute Gasteiger partial charge is 0.378 e. The molecule has 1 fully saturated rings. The van der Waals surface area contributed by atoms with Gasteiger partial charge >= 0.3 is 0 Å². The topological polar surface area (TPSA) is 32.8 Å². The van der Waals surface area contributed by atoms with Crippen molar-refractivity contribution in [1.29, 1.82) is 0 Å². The Morgan fingerprint density at radius 2 is 1.86 bits per heavy atom. The Morgan fingerprint density at radius 3 is 2.14 bits per heavy atom. The summed E-state index contributed by atoms with van der Waals surface area (Å²) in [5, 5.41) is 9.97. The van der Waals surface area contributed by atoms with E-state index in [1.54, 1.807) is 0 Å². The van der Waals surface area contributed by atoms with Crippen LogP contribution in [0.2, 0.25) is 0 Å². The summed E-state index contributed by atoms with van der Waals surface area (Å²) in [6.45, 7) is 7.99. The van der Waals surface area contributed by atoms with Crippen molar-refractivity contribution < 1.29 is 9.84 Å². The molecule has 1 heterocycles. The second-order valence-corrected chi connectivity index (χ2v) is 3.99. The molecule has 0 aromatic carbocycles. The summed E-state index contributed by atoms with van der Waals surface area (Å²) in [6, 6.07) is 0. The summed E-state index contributed by atoms with van der Waals surface area (Å²) in [7, 11) is 0. The van der Waals surface area contributed by atoms with Crippen molar-refractivity contribution in [3.63, 3.8) is 0 Å². The first-order chi connectivity index (χ1) is 6.52. The Bertz CT molecular complexity index is 238. The van der Waals surface area contributed by atoms with Gasteiger partial charge in [0.25, 0.3) is 0 Å². The number of ether oxygens (including phenoxy) is 1.